The molecule has 0 aliphatic heterocycles. The van der Waals surface area contributed by atoms with E-state index in [4.69, 9.17) is 0 Å². The molecule has 0 fully saturated rings. The molecule has 0 bridgehead atoms. The van der Waals surface area contributed by atoms with Gasteiger partial charge in [0, 0.05) is 11.3 Å². The van der Waals surface area contributed by atoms with Gasteiger partial charge in [-0.05, 0) is 25.8 Å². The van der Waals surface area contributed by atoms with Crippen LogP contribution in [0.4, 0.5) is 0 Å². The highest BCUT2D eigenvalue weighted by Crippen LogP contribution is 2.19. The molecule has 2 aromatic rings. The Balaban J connectivity index is 1.95. The highest BCUT2D eigenvalue weighted by atomic mass is 15.1. The minimum absolute atomic E-state index is 1.06. The molecule has 0 unspecified atom stereocenters. The number of aromatic nitrogens is 2. The Bertz CT molecular complexity index is 468. The summed E-state index contributed by atoms with van der Waals surface area (Å²) in [5.74, 6) is 0. The number of aryl methyl sites for hydroxylation is 2. The first-order valence-corrected chi connectivity index (χ1v) is 6.91. The molecule has 0 radical (unpaired) electrons. The summed E-state index contributed by atoms with van der Waals surface area (Å²) in [6.45, 7) is 4.35. The van der Waals surface area contributed by atoms with Crippen molar-refractivity contribution in [3.05, 3.63) is 41.6 Å². The third-order valence-electron chi connectivity index (χ3n) is 3.28. The van der Waals surface area contributed by atoms with Crippen LogP contribution in [0.25, 0.3) is 11.3 Å². The first-order chi connectivity index (χ1) is 8.79. The van der Waals surface area contributed by atoms with Crippen molar-refractivity contribution in [1.82, 2.24) is 10.2 Å². The van der Waals surface area contributed by atoms with E-state index in [0.29, 0.717) is 0 Å². The van der Waals surface area contributed by atoms with E-state index in [1.54, 1.807) is 0 Å². The molecule has 2 nitrogen and oxygen atoms in total. The molecule has 0 aliphatic rings. The molecule has 1 N–H and O–H groups in total. The van der Waals surface area contributed by atoms with Crippen LogP contribution in [0.2, 0.25) is 0 Å². The zero-order chi connectivity index (χ0) is 12.8. The molecule has 0 spiro atoms. The molecule has 2 heteroatoms. The number of H-pyrrole nitrogens is 1. The van der Waals surface area contributed by atoms with Crippen molar-refractivity contribution in [3.8, 4) is 11.3 Å². The van der Waals surface area contributed by atoms with Gasteiger partial charge in [-0.3, -0.25) is 5.10 Å². The van der Waals surface area contributed by atoms with Gasteiger partial charge in [-0.25, -0.2) is 0 Å². The van der Waals surface area contributed by atoms with E-state index in [0.717, 1.165) is 12.1 Å². The number of hydrogen-bond acceptors (Lipinski definition) is 1. The molecule has 1 heterocycles. The van der Waals surface area contributed by atoms with E-state index in [-0.39, 0.29) is 0 Å². The summed E-state index contributed by atoms with van der Waals surface area (Å²) < 4.78 is 0. The smallest absolute Gasteiger partial charge is 0.0923 e. The predicted molar refractivity (Wildman–Crippen MR) is 76.6 cm³/mol. The lowest BCUT2D eigenvalue weighted by atomic mass is 10.1. The maximum atomic E-state index is 4.39. The molecule has 2 rings (SSSR count). The van der Waals surface area contributed by atoms with E-state index < -0.39 is 0 Å². The SMILES string of the molecule is CCCCCCc1cc(-c2ccc(C)cc2)n[nH]1. The van der Waals surface area contributed by atoms with Gasteiger partial charge in [0.25, 0.3) is 0 Å². The average molecular weight is 242 g/mol. The lowest BCUT2D eigenvalue weighted by molar-refractivity contribution is 0.659. The molecule has 18 heavy (non-hydrogen) atoms. The predicted octanol–water partition coefficient (Wildman–Crippen LogP) is 4.51. The van der Waals surface area contributed by atoms with Crippen LogP contribution in [-0.4, -0.2) is 10.2 Å². The summed E-state index contributed by atoms with van der Waals surface area (Å²) in [6.07, 6.45) is 6.30. The van der Waals surface area contributed by atoms with Gasteiger partial charge in [0.2, 0.25) is 0 Å². The molecular weight excluding hydrogens is 220 g/mol. The summed E-state index contributed by atoms with van der Waals surface area (Å²) in [6, 6.07) is 10.7. The van der Waals surface area contributed by atoms with Crippen LogP contribution in [0, 0.1) is 6.92 Å². The molecular formula is C16H22N2. The van der Waals surface area contributed by atoms with Crippen molar-refractivity contribution in [1.29, 1.82) is 0 Å². The van der Waals surface area contributed by atoms with E-state index >= 15 is 0 Å². The highest BCUT2D eigenvalue weighted by Gasteiger charge is 2.03. The number of unbranched alkanes of at least 4 members (excludes halogenated alkanes) is 3. The van der Waals surface area contributed by atoms with Gasteiger partial charge in [0.05, 0.1) is 5.69 Å². The largest absolute Gasteiger partial charge is 0.282 e. The van der Waals surface area contributed by atoms with E-state index in [1.165, 1.54) is 42.5 Å². The van der Waals surface area contributed by atoms with Crippen LogP contribution in [0.15, 0.2) is 30.3 Å². The monoisotopic (exact) mass is 242 g/mol. The van der Waals surface area contributed by atoms with Gasteiger partial charge in [0.1, 0.15) is 0 Å². The van der Waals surface area contributed by atoms with Crippen molar-refractivity contribution in [2.45, 2.75) is 46.0 Å². The zero-order valence-electron chi connectivity index (χ0n) is 11.4. The third-order valence-corrected chi connectivity index (χ3v) is 3.28. The third kappa shape index (κ3) is 3.46. The standard InChI is InChI=1S/C16H22N2/c1-3-4-5-6-7-15-12-16(18-17-15)14-10-8-13(2)9-11-14/h8-12H,3-7H2,1-2H3,(H,17,18). The average Bonchev–Trinajstić information content (AvgIpc) is 2.84. The Labute approximate surface area is 109 Å². The number of hydrogen-bond donors (Lipinski definition) is 1. The first kappa shape index (κ1) is 12.9. The van der Waals surface area contributed by atoms with Crippen molar-refractivity contribution in [3.63, 3.8) is 0 Å². The van der Waals surface area contributed by atoms with Crippen molar-refractivity contribution >= 4 is 0 Å². The maximum absolute atomic E-state index is 4.39. The second-order valence-corrected chi connectivity index (χ2v) is 4.96. The van der Waals surface area contributed by atoms with Crippen LogP contribution < -0.4 is 0 Å². The van der Waals surface area contributed by atoms with Gasteiger partial charge < -0.3 is 0 Å². The summed E-state index contributed by atoms with van der Waals surface area (Å²) in [5, 5.41) is 7.54. The van der Waals surface area contributed by atoms with Crippen LogP contribution in [-0.2, 0) is 6.42 Å². The zero-order valence-corrected chi connectivity index (χ0v) is 11.4. The molecule has 0 atom stereocenters. The normalized spacial score (nSPS) is 10.8. The van der Waals surface area contributed by atoms with Gasteiger partial charge in [0.15, 0.2) is 0 Å². The second kappa shape index (κ2) is 6.39. The Hall–Kier alpha value is -1.57. The summed E-state index contributed by atoms with van der Waals surface area (Å²) in [5.41, 5.74) is 4.79. The molecule has 0 aliphatic carbocycles. The van der Waals surface area contributed by atoms with Gasteiger partial charge in [-0.15, -0.1) is 0 Å². The molecule has 0 amide bonds. The summed E-state index contributed by atoms with van der Waals surface area (Å²) in [4.78, 5) is 0. The van der Waals surface area contributed by atoms with Gasteiger partial charge in [-0.1, -0.05) is 56.0 Å². The van der Waals surface area contributed by atoms with Crippen LogP contribution in [0.3, 0.4) is 0 Å². The number of rotatable bonds is 6. The lowest BCUT2D eigenvalue weighted by Crippen LogP contribution is -1.85. The topological polar surface area (TPSA) is 28.7 Å². The molecule has 0 saturated carbocycles. The van der Waals surface area contributed by atoms with Gasteiger partial charge in [-0.2, -0.15) is 5.10 Å². The Kier molecular flexibility index (Phi) is 4.57. The van der Waals surface area contributed by atoms with Crippen LogP contribution >= 0.6 is 0 Å². The van der Waals surface area contributed by atoms with Crippen LogP contribution in [0.1, 0.15) is 43.9 Å². The number of nitrogens with zero attached hydrogens (tertiary/aromatic N) is 1. The van der Waals surface area contributed by atoms with Crippen molar-refractivity contribution in [2.24, 2.45) is 0 Å². The number of nitrogens with one attached hydrogen (secondary N) is 1. The summed E-state index contributed by atoms with van der Waals surface area (Å²) >= 11 is 0. The number of aromatic amines is 1. The Morgan fingerprint density at radius 2 is 1.83 bits per heavy atom. The molecule has 0 saturated heterocycles. The van der Waals surface area contributed by atoms with E-state index in [2.05, 4.69) is 54.4 Å². The first-order valence-electron chi connectivity index (χ1n) is 6.91. The molecule has 1 aromatic heterocycles. The maximum Gasteiger partial charge on any atom is 0.0923 e. The van der Waals surface area contributed by atoms with E-state index in [1.807, 2.05) is 0 Å². The minimum Gasteiger partial charge on any atom is -0.282 e. The Morgan fingerprint density at radius 1 is 1.06 bits per heavy atom. The summed E-state index contributed by atoms with van der Waals surface area (Å²) in [7, 11) is 0. The molecule has 1 aromatic carbocycles. The lowest BCUT2D eigenvalue weighted by Gasteiger charge is -1.97. The van der Waals surface area contributed by atoms with Crippen LogP contribution in [0.5, 0.6) is 0 Å². The fourth-order valence-corrected chi connectivity index (χ4v) is 2.10. The fraction of sp³-hybridized carbons (Fsp3) is 0.438. The number of benzene rings is 1. The minimum atomic E-state index is 1.06. The van der Waals surface area contributed by atoms with E-state index in [9.17, 15) is 0 Å². The fourth-order valence-electron chi connectivity index (χ4n) is 2.10. The Morgan fingerprint density at radius 3 is 2.56 bits per heavy atom. The molecule has 96 valence electrons. The quantitative estimate of drug-likeness (QED) is 0.742. The second-order valence-electron chi connectivity index (χ2n) is 4.96. The van der Waals surface area contributed by atoms with Crippen molar-refractivity contribution < 1.29 is 0 Å². The highest BCUT2D eigenvalue weighted by molar-refractivity contribution is 5.59. The van der Waals surface area contributed by atoms with Gasteiger partial charge >= 0.3 is 0 Å². The van der Waals surface area contributed by atoms with Crippen molar-refractivity contribution in [2.75, 3.05) is 0 Å².